The van der Waals surface area contributed by atoms with Crippen LogP contribution in [0.5, 0.6) is 11.5 Å². The number of ether oxygens (including phenoxy) is 2. The van der Waals surface area contributed by atoms with Crippen LogP contribution < -0.4 is 14.8 Å². The summed E-state index contributed by atoms with van der Waals surface area (Å²) in [6, 6.07) is 9.01. The minimum atomic E-state index is -0.686. The van der Waals surface area contributed by atoms with Crippen molar-refractivity contribution in [2.24, 2.45) is 0 Å². The molecule has 0 aliphatic carbocycles. The number of anilines is 1. The zero-order chi connectivity index (χ0) is 22.0. The molecule has 2 aromatic carbocycles. The molecule has 4 rings (SSSR count). The average Bonchev–Trinajstić information content (AvgIpc) is 2.79. The Morgan fingerprint density at radius 2 is 1.81 bits per heavy atom. The van der Waals surface area contributed by atoms with Crippen LogP contribution in [-0.2, 0) is 0 Å². The van der Waals surface area contributed by atoms with E-state index in [-0.39, 0.29) is 17.5 Å². The molecule has 1 N–H and O–H groups in total. The summed E-state index contributed by atoms with van der Waals surface area (Å²) in [5.74, 6) is -0.323. The van der Waals surface area contributed by atoms with E-state index in [4.69, 9.17) is 9.47 Å². The summed E-state index contributed by atoms with van der Waals surface area (Å²) < 4.78 is 38.2. The first kappa shape index (κ1) is 20.8. The monoisotopic (exact) mass is 427 g/mol. The Morgan fingerprint density at radius 3 is 2.52 bits per heavy atom. The third-order valence-corrected chi connectivity index (χ3v) is 5.54. The third kappa shape index (κ3) is 4.23. The van der Waals surface area contributed by atoms with Crippen molar-refractivity contribution in [3.8, 4) is 11.5 Å². The summed E-state index contributed by atoms with van der Waals surface area (Å²) in [5.41, 5.74) is 1.30. The number of amides is 1. The minimum absolute atomic E-state index is 0.0714. The van der Waals surface area contributed by atoms with Crippen LogP contribution >= 0.6 is 0 Å². The quantitative estimate of drug-likeness (QED) is 0.660. The number of benzene rings is 2. The average molecular weight is 427 g/mol. The van der Waals surface area contributed by atoms with Gasteiger partial charge >= 0.3 is 0 Å². The van der Waals surface area contributed by atoms with Gasteiger partial charge in [-0.15, -0.1) is 0 Å². The maximum Gasteiger partial charge on any atom is 0.253 e. The molecule has 1 aliphatic rings. The SMILES string of the molecule is COc1ccc(C(=O)N2CCC(Nc3ccnc4c(F)cc(F)cc34)CC2)cc1OC. The van der Waals surface area contributed by atoms with Crippen LogP contribution in [0.25, 0.3) is 10.9 Å². The van der Waals surface area contributed by atoms with Gasteiger partial charge in [-0.3, -0.25) is 9.78 Å². The van der Waals surface area contributed by atoms with Crippen LogP contribution in [0.1, 0.15) is 23.2 Å². The first-order chi connectivity index (χ1) is 15.0. The minimum Gasteiger partial charge on any atom is -0.493 e. The number of rotatable bonds is 5. The molecule has 1 saturated heterocycles. The number of nitrogens with one attached hydrogen (secondary N) is 1. The van der Waals surface area contributed by atoms with Crippen molar-refractivity contribution in [2.75, 3.05) is 32.6 Å². The molecule has 162 valence electrons. The van der Waals surface area contributed by atoms with E-state index in [0.29, 0.717) is 54.1 Å². The summed E-state index contributed by atoms with van der Waals surface area (Å²) in [5, 5.41) is 3.77. The van der Waals surface area contributed by atoms with Crippen LogP contribution in [-0.4, -0.2) is 49.1 Å². The highest BCUT2D eigenvalue weighted by Crippen LogP contribution is 2.30. The molecule has 0 atom stereocenters. The van der Waals surface area contributed by atoms with Crippen molar-refractivity contribution in [1.82, 2.24) is 9.88 Å². The van der Waals surface area contributed by atoms with Gasteiger partial charge in [-0.1, -0.05) is 0 Å². The number of hydrogen-bond donors (Lipinski definition) is 1. The van der Waals surface area contributed by atoms with Crippen molar-refractivity contribution in [3.63, 3.8) is 0 Å². The first-order valence-corrected chi connectivity index (χ1v) is 10.0. The van der Waals surface area contributed by atoms with Crippen molar-refractivity contribution in [2.45, 2.75) is 18.9 Å². The Kier molecular flexibility index (Phi) is 5.88. The molecule has 0 spiro atoms. The molecule has 1 fully saturated rings. The summed E-state index contributed by atoms with van der Waals surface area (Å²) >= 11 is 0. The lowest BCUT2D eigenvalue weighted by atomic mass is 10.0. The van der Waals surface area contributed by atoms with E-state index in [9.17, 15) is 13.6 Å². The number of hydrogen-bond acceptors (Lipinski definition) is 5. The number of carbonyl (C=O) groups is 1. The number of nitrogens with zero attached hydrogens (tertiary/aromatic N) is 2. The summed E-state index contributed by atoms with van der Waals surface area (Å²) in [6.45, 7) is 1.13. The Hall–Kier alpha value is -3.42. The highest BCUT2D eigenvalue weighted by molar-refractivity contribution is 5.95. The topological polar surface area (TPSA) is 63.7 Å². The van der Waals surface area contributed by atoms with E-state index in [0.717, 1.165) is 6.07 Å². The molecule has 1 aliphatic heterocycles. The van der Waals surface area contributed by atoms with Gasteiger partial charge in [0.05, 0.1) is 14.2 Å². The van der Waals surface area contributed by atoms with Gasteiger partial charge in [-0.2, -0.15) is 0 Å². The second kappa shape index (κ2) is 8.75. The van der Waals surface area contributed by atoms with Crippen molar-refractivity contribution >= 4 is 22.5 Å². The molecule has 0 unspecified atom stereocenters. The lowest BCUT2D eigenvalue weighted by Gasteiger charge is -2.33. The molecule has 0 bridgehead atoms. The van der Waals surface area contributed by atoms with E-state index < -0.39 is 11.6 Å². The molecule has 1 amide bonds. The van der Waals surface area contributed by atoms with E-state index in [1.165, 1.54) is 19.4 Å². The highest BCUT2D eigenvalue weighted by Gasteiger charge is 2.25. The van der Waals surface area contributed by atoms with Crippen LogP contribution in [0.3, 0.4) is 0 Å². The predicted molar refractivity (Wildman–Crippen MR) is 114 cm³/mol. The number of aromatic nitrogens is 1. The molecule has 0 saturated carbocycles. The number of pyridine rings is 1. The van der Waals surface area contributed by atoms with Gasteiger partial charge in [0.1, 0.15) is 11.3 Å². The maximum absolute atomic E-state index is 14.0. The summed E-state index contributed by atoms with van der Waals surface area (Å²) in [4.78, 5) is 18.7. The Morgan fingerprint density at radius 1 is 1.06 bits per heavy atom. The number of piperidine rings is 1. The lowest BCUT2D eigenvalue weighted by Crippen LogP contribution is -2.42. The second-order valence-corrected chi connectivity index (χ2v) is 7.42. The van der Waals surface area contributed by atoms with Gasteiger partial charge in [-0.05, 0) is 43.2 Å². The summed E-state index contributed by atoms with van der Waals surface area (Å²) in [7, 11) is 3.08. The molecule has 0 radical (unpaired) electrons. The predicted octanol–water partition coefficient (Wildman–Crippen LogP) is 4.25. The van der Waals surface area contributed by atoms with Crippen LogP contribution in [0.15, 0.2) is 42.6 Å². The van der Waals surface area contributed by atoms with Gasteiger partial charge < -0.3 is 19.7 Å². The van der Waals surface area contributed by atoms with Crippen molar-refractivity contribution < 1.29 is 23.0 Å². The molecule has 8 heteroatoms. The smallest absolute Gasteiger partial charge is 0.253 e. The number of carbonyl (C=O) groups excluding carboxylic acids is 1. The zero-order valence-corrected chi connectivity index (χ0v) is 17.3. The van der Waals surface area contributed by atoms with Gasteiger partial charge in [0.25, 0.3) is 5.91 Å². The normalized spacial score (nSPS) is 14.5. The lowest BCUT2D eigenvalue weighted by molar-refractivity contribution is 0.0718. The zero-order valence-electron chi connectivity index (χ0n) is 17.3. The largest absolute Gasteiger partial charge is 0.493 e. The summed E-state index contributed by atoms with van der Waals surface area (Å²) in [6.07, 6.45) is 2.92. The van der Waals surface area contributed by atoms with E-state index >= 15 is 0 Å². The number of likely N-dealkylation sites (tertiary alicyclic amines) is 1. The van der Waals surface area contributed by atoms with E-state index in [1.54, 1.807) is 36.3 Å². The van der Waals surface area contributed by atoms with Crippen molar-refractivity contribution in [1.29, 1.82) is 0 Å². The Labute approximate surface area is 178 Å². The van der Waals surface area contributed by atoms with Gasteiger partial charge in [0.15, 0.2) is 17.3 Å². The standard InChI is InChI=1S/C23H23F2N3O3/c1-30-20-4-3-14(11-21(20)31-2)23(29)28-9-6-16(7-10-28)27-19-5-8-26-22-17(19)12-15(24)13-18(22)25/h3-5,8,11-13,16H,6-7,9-10H2,1-2H3,(H,26,27). The molecule has 2 heterocycles. The van der Waals surface area contributed by atoms with Crippen LogP contribution in [0.4, 0.5) is 14.5 Å². The number of fused-ring (bicyclic) bond motifs is 1. The second-order valence-electron chi connectivity index (χ2n) is 7.42. The maximum atomic E-state index is 14.0. The highest BCUT2D eigenvalue weighted by atomic mass is 19.1. The molecular formula is C23H23F2N3O3. The van der Waals surface area contributed by atoms with Gasteiger partial charge in [-0.25, -0.2) is 8.78 Å². The van der Waals surface area contributed by atoms with Crippen molar-refractivity contribution in [3.05, 3.63) is 59.8 Å². The molecule has 1 aromatic heterocycles. The number of halogens is 2. The van der Waals surface area contributed by atoms with Crippen LogP contribution in [0, 0.1) is 11.6 Å². The Bertz CT molecular complexity index is 1110. The molecule has 31 heavy (non-hydrogen) atoms. The Balaban J connectivity index is 1.44. The molecular weight excluding hydrogens is 404 g/mol. The molecule has 3 aromatic rings. The fourth-order valence-electron chi connectivity index (χ4n) is 3.90. The third-order valence-electron chi connectivity index (χ3n) is 5.54. The number of methoxy groups -OCH3 is 2. The van der Waals surface area contributed by atoms with Gasteiger partial charge in [0, 0.05) is 48.0 Å². The first-order valence-electron chi connectivity index (χ1n) is 10.0. The fourth-order valence-corrected chi connectivity index (χ4v) is 3.90. The molecule has 6 nitrogen and oxygen atoms in total. The fraction of sp³-hybridized carbons (Fsp3) is 0.304. The van der Waals surface area contributed by atoms with E-state index in [1.807, 2.05) is 0 Å². The van der Waals surface area contributed by atoms with Gasteiger partial charge in [0.2, 0.25) is 0 Å². The van der Waals surface area contributed by atoms with Crippen LogP contribution in [0.2, 0.25) is 0 Å². The van der Waals surface area contributed by atoms with E-state index in [2.05, 4.69) is 10.3 Å².